The lowest BCUT2D eigenvalue weighted by atomic mass is 10.0. The topological polar surface area (TPSA) is 26.7 Å². The van der Waals surface area contributed by atoms with Crippen LogP contribution in [0.4, 0.5) is 0 Å². The van der Waals surface area contributed by atoms with E-state index in [9.17, 15) is 5.11 Å². The van der Waals surface area contributed by atoms with Crippen molar-refractivity contribution in [1.82, 2.24) is 9.80 Å². The number of rotatable bonds is 7. The first kappa shape index (κ1) is 16.2. The van der Waals surface area contributed by atoms with Gasteiger partial charge in [-0.25, -0.2) is 0 Å². The molecule has 19 heavy (non-hydrogen) atoms. The molecule has 0 aliphatic carbocycles. The first-order chi connectivity index (χ1) is 8.88. The minimum atomic E-state index is -0.400. The van der Waals surface area contributed by atoms with Gasteiger partial charge < -0.3 is 14.9 Å². The van der Waals surface area contributed by atoms with E-state index in [1.165, 1.54) is 11.1 Å². The maximum atomic E-state index is 10.3. The monoisotopic (exact) mass is 264 g/mol. The number of hydrogen-bond donors (Lipinski definition) is 1. The quantitative estimate of drug-likeness (QED) is 0.818. The molecule has 0 aliphatic heterocycles. The summed E-state index contributed by atoms with van der Waals surface area (Å²) in [6.07, 6.45) is 0.728. The average molecular weight is 264 g/mol. The second-order valence-electron chi connectivity index (χ2n) is 5.86. The van der Waals surface area contributed by atoms with Gasteiger partial charge in [0.05, 0.1) is 6.10 Å². The molecule has 0 heterocycles. The van der Waals surface area contributed by atoms with Crippen LogP contribution in [0, 0.1) is 13.8 Å². The van der Waals surface area contributed by atoms with Crippen molar-refractivity contribution in [1.29, 1.82) is 0 Å². The minimum absolute atomic E-state index is 0.400. The van der Waals surface area contributed by atoms with Gasteiger partial charge in [0.25, 0.3) is 0 Å². The molecule has 0 radical (unpaired) electrons. The van der Waals surface area contributed by atoms with Crippen molar-refractivity contribution in [3.05, 3.63) is 34.9 Å². The highest BCUT2D eigenvalue weighted by Crippen LogP contribution is 2.17. The van der Waals surface area contributed by atoms with Crippen molar-refractivity contribution in [3.63, 3.8) is 0 Å². The Morgan fingerprint density at radius 2 is 1.58 bits per heavy atom. The molecule has 0 aliphatic rings. The third kappa shape index (κ3) is 6.19. The van der Waals surface area contributed by atoms with E-state index in [-0.39, 0.29) is 0 Å². The van der Waals surface area contributed by atoms with Crippen LogP contribution in [0.1, 0.15) is 29.2 Å². The molecule has 0 aromatic heterocycles. The first-order valence-electron chi connectivity index (χ1n) is 6.98. The van der Waals surface area contributed by atoms with Crippen molar-refractivity contribution in [2.45, 2.75) is 26.4 Å². The van der Waals surface area contributed by atoms with E-state index in [0.29, 0.717) is 6.54 Å². The summed E-state index contributed by atoms with van der Waals surface area (Å²) >= 11 is 0. The zero-order chi connectivity index (χ0) is 14.4. The highest BCUT2D eigenvalue weighted by molar-refractivity contribution is 5.30. The van der Waals surface area contributed by atoms with Crippen molar-refractivity contribution in [2.24, 2.45) is 0 Å². The summed E-state index contributed by atoms with van der Waals surface area (Å²) in [5, 5.41) is 10.3. The van der Waals surface area contributed by atoms with E-state index in [0.717, 1.165) is 25.1 Å². The third-order valence-corrected chi connectivity index (χ3v) is 3.26. The van der Waals surface area contributed by atoms with Gasteiger partial charge >= 0.3 is 0 Å². The summed E-state index contributed by atoms with van der Waals surface area (Å²) < 4.78 is 0. The van der Waals surface area contributed by atoms with Gasteiger partial charge in [-0.1, -0.05) is 29.3 Å². The van der Waals surface area contributed by atoms with E-state index < -0.39 is 6.10 Å². The van der Waals surface area contributed by atoms with Gasteiger partial charge in [-0.15, -0.1) is 0 Å². The van der Waals surface area contributed by atoms with Crippen LogP contribution >= 0.6 is 0 Å². The number of nitrogens with zero attached hydrogens (tertiary/aromatic N) is 2. The average Bonchev–Trinajstić information content (AvgIpc) is 2.26. The summed E-state index contributed by atoms with van der Waals surface area (Å²) in [5.41, 5.74) is 3.45. The molecule has 1 rings (SSSR count). The van der Waals surface area contributed by atoms with Crippen LogP contribution in [-0.2, 0) is 0 Å². The predicted molar refractivity (Wildman–Crippen MR) is 81.5 cm³/mol. The van der Waals surface area contributed by atoms with Gasteiger partial charge in [0.15, 0.2) is 0 Å². The largest absolute Gasteiger partial charge is 0.387 e. The van der Waals surface area contributed by atoms with Gasteiger partial charge in [-0.2, -0.15) is 0 Å². The SMILES string of the molecule is Cc1cc(C)cc(C(O)CN(C)CCCN(C)C)c1. The Labute approximate surface area is 117 Å². The Bertz CT molecular complexity index is 370. The van der Waals surface area contributed by atoms with Crippen LogP contribution in [0.2, 0.25) is 0 Å². The van der Waals surface area contributed by atoms with Crippen molar-refractivity contribution < 1.29 is 5.11 Å². The van der Waals surface area contributed by atoms with E-state index in [1.54, 1.807) is 0 Å². The fourth-order valence-electron chi connectivity index (χ4n) is 2.35. The molecule has 1 aromatic carbocycles. The van der Waals surface area contributed by atoms with Crippen molar-refractivity contribution in [2.75, 3.05) is 40.8 Å². The van der Waals surface area contributed by atoms with E-state index in [1.807, 2.05) is 0 Å². The van der Waals surface area contributed by atoms with Gasteiger partial charge in [-0.3, -0.25) is 0 Å². The lowest BCUT2D eigenvalue weighted by molar-refractivity contribution is 0.125. The molecule has 1 unspecified atom stereocenters. The Hall–Kier alpha value is -0.900. The molecule has 1 N–H and O–H groups in total. The zero-order valence-corrected chi connectivity index (χ0v) is 13.0. The Morgan fingerprint density at radius 3 is 2.11 bits per heavy atom. The van der Waals surface area contributed by atoms with Gasteiger partial charge in [0.2, 0.25) is 0 Å². The van der Waals surface area contributed by atoms with Crippen LogP contribution in [-0.4, -0.2) is 55.7 Å². The number of hydrogen-bond acceptors (Lipinski definition) is 3. The fraction of sp³-hybridized carbons (Fsp3) is 0.625. The predicted octanol–water partition coefficient (Wildman–Crippen LogP) is 2.22. The second kappa shape index (κ2) is 7.63. The standard InChI is InChI=1S/C16H28N2O/c1-13-9-14(2)11-15(10-13)16(19)12-18(5)8-6-7-17(3)4/h9-11,16,19H,6-8,12H2,1-5H3. The lowest BCUT2D eigenvalue weighted by Gasteiger charge is -2.22. The number of aliphatic hydroxyl groups is 1. The molecule has 108 valence electrons. The molecule has 0 saturated carbocycles. The van der Waals surface area contributed by atoms with Crippen LogP contribution < -0.4 is 0 Å². The number of benzene rings is 1. The van der Waals surface area contributed by atoms with Crippen LogP contribution in [0.25, 0.3) is 0 Å². The Kier molecular flexibility index (Phi) is 6.49. The van der Waals surface area contributed by atoms with Crippen LogP contribution in [0.3, 0.4) is 0 Å². The molecule has 0 fully saturated rings. The van der Waals surface area contributed by atoms with Gasteiger partial charge in [0.1, 0.15) is 0 Å². The summed E-state index contributed by atoms with van der Waals surface area (Å²) in [5.74, 6) is 0. The Balaban J connectivity index is 2.47. The molecule has 1 aromatic rings. The number of likely N-dealkylation sites (N-methyl/N-ethyl adjacent to an activating group) is 1. The summed E-state index contributed by atoms with van der Waals surface area (Å²) in [4.78, 5) is 4.39. The maximum absolute atomic E-state index is 10.3. The lowest BCUT2D eigenvalue weighted by Crippen LogP contribution is -2.28. The van der Waals surface area contributed by atoms with Crippen molar-refractivity contribution >= 4 is 0 Å². The molecule has 1 atom stereocenters. The van der Waals surface area contributed by atoms with Crippen LogP contribution in [0.15, 0.2) is 18.2 Å². The van der Waals surface area contributed by atoms with Crippen molar-refractivity contribution in [3.8, 4) is 0 Å². The first-order valence-corrected chi connectivity index (χ1v) is 6.98. The molecular weight excluding hydrogens is 236 g/mol. The zero-order valence-electron chi connectivity index (χ0n) is 13.0. The fourth-order valence-corrected chi connectivity index (χ4v) is 2.35. The molecule has 0 spiro atoms. The third-order valence-electron chi connectivity index (χ3n) is 3.26. The Morgan fingerprint density at radius 1 is 1.00 bits per heavy atom. The molecular formula is C16H28N2O. The molecule has 0 bridgehead atoms. The summed E-state index contributed by atoms with van der Waals surface area (Å²) in [6, 6.07) is 6.29. The highest BCUT2D eigenvalue weighted by Gasteiger charge is 2.11. The minimum Gasteiger partial charge on any atom is -0.387 e. The smallest absolute Gasteiger partial charge is 0.0916 e. The van der Waals surface area contributed by atoms with Gasteiger partial charge in [0, 0.05) is 6.54 Å². The summed E-state index contributed by atoms with van der Waals surface area (Å²) in [7, 11) is 6.25. The number of aryl methyl sites for hydroxylation is 2. The van der Waals surface area contributed by atoms with Crippen LogP contribution in [0.5, 0.6) is 0 Å². The highest BCUT2D eigenvalue weighted by atomic mass is 16.3. The maximum Gasteiger partial charge on any atom is 0.0916 e. The molecule has 0 amide bonds. The second-order valence-corrected chi connectivity index (χ2v) is 5.86. The van der Waals surface area contributed by atoms with E-state index in [2.05, 4.69) is 63.0 Å². The van der Waals surface area contributed by atoms with Gasteiger partial charge in [-0.05, 0) is 60.1 Å². The molecule has 0 saturated heterocycles. The normalized spacial score (nSPS) is 13.3. The number of aliphatic hydroxyl groups excluding tert-OH is 1. The summed E-state index contributed by atoms with van der Waals surface area (Å²) in [6.45, 7) is 6.94. The van der Waals surface area contributed by atoms with E-state index >= 15 is 0 Å². The molecule has 3 nitrogen and oxygen atoms in total. The van der Waals surface area contributed by atoms with E-state index in [4.69, 9.17) is 0 Å². The molecule has 3 heteroatoms.